The van der Waals surface area contributed by atoms with Crippen LogP contribution < -0.4 is 10.6 Å². The molecule has 0 aliphatic carbocycles. The van der Waals surface area contributed by atoms with Crippen LogP contribution in [-0.2, 0) is 0 Å². The number of nitrogens with one attached hydrogen (secondary N) is 2. The first-order chi connectivity index (χ1) is 14.9. The van der Waals surface area contributed by atoms with E-state index in [2.05, 4.69) is 25.6 Å². The van der Waals surface area contributed by atoms with Crippen LogP contribution in [0.5, 0.6) is 0 Å². The molecule has 2 aromatic carbocycles. The largest absolute Gasteiger partial charge is 0.324 e. The average molecular weight is 434 g/mol. The van der Waals surface area contributed by atoms with E-state index in [-0.39, 0.29) is 11.7 Å². The number of rotatable bonds is 5. The lowest BCUT2D eigenvalue weighted by Crippen LogP contribution is -2.11. The molecule has 0 radical (unpaired) electrons. The molecule has 6 nitrogen and oxygen atoms in total. The van der Waals surface area contributed by atoms with Crippen LogP contribution in [0.25, 0.3) is 10.6 Å². The van der Waals surface area contributed by atoms with E-state index in [4.69, 9.17) is 0 Å². The van der Waals surface area contributed by atoms with Gasteiger partial charge in [0.1, 0.15) is 15.7 Å². The minimum Gasteiger partial charge on any atom is -0.324 e. The molecule has 0 aliphatic heterocycles. The minimum atomic E-state index is -0.310. The highest BCUT2D eigenvalue weighted by Gasteiger charge is 2.17. The third kappa shape index (κ3) is 4.92. The van der Waals surface area contributed by atoms with Crippen LogP contribution in [0.4, 0.5) is 21.7 Å². The van der Waals surface area contributed by atoms with Gasteiger partial charge in [0.2, 0.25) is 5.95 Å². The third-order valence-electron chi connectivity index (χ3n) is 4.45. The van der Waals surface area contributed by atoms with Gasteiger partial charge in [-0.15, -0.1) is 11.3 Å². The zero-order chi connectivity index (χ0) is 22.0. The summed E-state index contributed by atoms with van der Waals surface area (Å²) in [5.74, 6) is -0.0545. The average Bonchev–Trinajstić information content (AvgIpc) is 3.10. The van der Waals surface area contributed by atoms with Crippen LogP contribution in [0.3, 0.4) is 0 Å². The first-order valence-electron chi connectivity index (χ1n) is 9.61. The van der Waals surface area contributed by atoms with E-state index in [1.165, 1.54) is 23.5 Å². The zero-order valence-corrected chi connectivity index (χ0v) is 18.0. The molecule has 0 spiro atoms. The van der Waals surface area contributed by atoms with Crippen LogP contribution in [0.15, 0.2) is 54.6 Å². The van der Waals surface area contributed by atoms with Gasteiger partial charge in [-0.2, -0.15) is 0 Å². The molecule has 4 rings (SSSR count). The first kappa shape index (κ1) is 20.6. The summed E-state index contributed by atoms with van der Waals surface area (Å²) >= 11 is 1.27. The summed E-state index contributed by atoms with van der Waals surface area (Å²) in [6.45, 7) is 5.61. The van der Waals surface area contributed by atoms with Gasteiger partial charge in [0.05, 0.1) is 5.69 Å². The molecular weight excluding hydrogens is 413 g/mol. The standard InChI is InChI=1S/C23H20FN5OS/c1-13-11-14(2)26-23(25-13)29-19-6-4-5-18(12-19)28-21(30)20-15(3)27-22(31-20)16-7-9-17(24)10-8-16/h4-12H,1-3H3,(H,28,30)(H,25,26,29). The molecule has 0 unspecified atom stereocenters. The van der Waals surface area contributed by atoms with Crippen molar-refractivity contribution < 1.29 is 9.18 Å². The molecule has 31 heavy (non-hydrogen) atoms. The molecular formula is C23H20FN5OS. The molecule has 0 saturated carbocycles. The number of carbonyl (C=O) groups is 1. The van der Waals surface area contributed by atoms with Gasteiger partial charge in [-0.05, 0) is 69.3 Å². The van der Waals surface area contributed by atoms with Crippen LogP contribution >= 0.6 is 11.3 Å². The lowest BCUT2D eigenvalue weighted by atomic mass is 10.2. The Balaban J connectivity index is 1.51. The van der Waals surface area contributed by atoms with Gasteiger partial charge in [-0.1, -0.05) is 6.07 Å². The molecule has 0 atom stereocenters. The first-order valence-corrected chi connectivity index (χ1v) is 10.4. The molecule has 2 heterocycles. The van der Waals surface area contributed by atoms with Crippen molar-refractivity contribution in [1.29, 1.82) is 0 Å². The molecule has 0 bridgehead atoms. The Hall–Kier alpha value is -3.65. The molecule has 156 valence electrons. The Morgan fingerprint density at radius 1 is 0.903 bits per heavy atom. The van der Waals surface area contributed by atoms with Crippen molar-refractivity contribution in [3.05, 3.63) is 82.4 Å². The summed E-state index contributed by atoms with van der Waals surface area (Å²) in [4.78, 5) is 26.6. The van der Waals surface area contributed by atoms with E-state index in [0.717, 1.165) is 22.6 Å². The Bertz CT molecular complexity index is 1230. The van der Waals surface area contributed by atoms with Gasteiger partial charge < -0.3 is 10.6 Å². The molecule has 0 fully saturated rings. The van der Waals surface area contributed by atoms with E-state index in [1.54, 1.807) is 19.1 Å². The monoisotopic (exact) mass is 433 g/mol. The number of halogens is 1. The fourth-order valence-corrected chi connectivity index (χ4v) is 4.06. The lowest BCUT2D eigenvalue weighted by Gasteiger charge is -2.09. The number of carbonyl (C=O) groups excluding carboxylic acids is 1. The van der Waals surface area contributed by atoms with Gasteiger partial charge in [0.15, 0.2) is 0 Å². The van der Waals surface area contributed by atoms with Crippen molar-refractivity contribution in [1.82, 2.24) is 15.0 Å². The Labute approximate surface area is 183 Å². The Kier molecular flexibility index (Phi) is 5.73. The van der Waals surface area contributed by atoms with Gasteiger partial charge >= 0.3 is 0 Å². The second-order valence-corrected chi connectivity index (χ2v) is 8.07. The van der Waals surface area contributed by atoms with E-state index >= 15 is 0 Å². The predicted molar refractivity (Wildman–Crippen MR) is 121 cm³/mol. The molecule has 2 aromatic heterocycles. The SMILES string of the molecule is Cc1cc(C)nc(Nc2cccc(NC(=O)c3sc(-c4ccc(F)cc4)nc3C)c2)n1. The summed E-state index contributed by atoms with van der Waals surface area (Å²) in [6, 6.07) is 15.3. The molecule has 8 heteroatoms. The topological polar surface area (TPSA) is 79.8 Å². The van der Waals surface area contributed by atoms with Crippen molar-refractivity contribution in [2.24, 2.45) is 0 Å². The van der Waals surface area contributed by atoms with E-state index < -0.39 is 0 Å². The minimum absolute atomic E-state index is 0.247. The van der Waals surface area contributed by atoms with E-state index in [0.29, 0.717) is 27.2 Å². The van der Waals surface area contributed by atoms with Crippen molar-refractivity contribution in [2.75, 3.05) is 10.6 Å². The number of aromatic nitrogens is 3. The zero-order valence-electron chi connectivity index (χ0n) is 17.2. The van der Waals surface area contributed by atoms with Crippen molar-refractivity contribution >= 4 is 34.6 Å². The molecule has 2 N–H and O–H groups in total. The summed E-state index contributed by atoms with van der Waals surface area (Å²) in [5.41, 5.74) is 4.54. The van der Waals surface area contributed by atoms with Crippen LogP contribution in [0.2, 0.25) is 0 Å². The lowest BCUT2D eigenvalue weighted by molar-refractivity contribution is 0.103. The maximum atomic E-state index is 13.2. The maximum absolute atomic E-state index is 13.2. The fraction of sp³-hybridized carbons (Fsp3) is 0.130. The second-order valence-electron chi connectivity index (χ2n) is 7.07. The maximum Gasteiger partial charge on any atom is 0.267 e. The van der Waals surface area contributed by atoms with Crippen LogP contribution in [0, 0.1) is 26.6 Å². The quantitative estimate of drug-likeness (QED) is 0.424. The van der Waals surface area contributed by atoms with Crippen molar-refractivity contribution in [3.8, 4) is 10.6 Å². The summed E-state index contributed by atoms with van der Waals surface area (Å²) < 4.78 is 13.2. The number of benzene rings is 2. The summed E-state index contributed by atoms with van der Waals surface area (Å²) in [6.07, 6.45) is 0. The van der Waals surface area contributed by atoms with Gasteiger partial charge in [0.25, 0.3) is 5.91 Å². The Morgan fingerprint density at radius 2 is 1.58 bits per heavy atom. The number of aryl methyl sites for hydroxylation is 3. The molecule has 0 aliphatic rings. The predicted octanol–water partition coefficient (Wildman–Crippen LogP) is 5.66. The highest BCUT2D eigenvalue weighted by Crippen LogP contribution is 2.29. The normalized spacial score (nSPS) is 10.7. The number of thiazole rings is 1. The number of hydrogen-bond donors (Lipinski definition) is 2. The molecule has 4 aromatic rings. The van der Waals surface area contributed by atoms with Crippen molar-refractivity contribution in [3.63, 3.8) is 0 Å². The van der Waals surface area contributed by atoms with Gasteiger partial charge in [0, 0.05) is 28.3 Å². The van der Waals surface area contributed by atoms with Crippen LogP contribution in [0.1, 0.15) is 26.8 Å². The van der Waals surface area contributed by atoms with Gasteiger partial charge in [-0.3, -0.25) is 4.79 Å². The summed E-state index contributed by atoms with van der Waals surface area (Å²) in [7, 11) is 0. The highest BCUT2D eigenvalue weighted by atomic mass is 32.1. The smallest absolute Gasteiger partial charge is 0.267 e. The van der Waals surface area contributed by atoms with Crippen LogP contribution in [-0.4, -0.2) is 20.9 Å². The second kappa shape index (κ2) is 8.61. The summed E-state index contributed by atoms with van der Waals surface area (Å²) in [5, 5.41) is 6.75. The van der Waals surface area contributed by atoms with E-state index in [9.17, 15) is 9.18 Å². The highest BCUT2D eigenvalue weighted by molar-refractivity contribution is 7.17. The number of anilines is 3. The third-order valence-corrected chi connectivity index (χ3v) is 5.66. The number of hydrogen-bond acceptors (Lipinski definition) is 6. The molecule has 1 amide bonds. The molecule has 0 saturated heterocycles. The van der Waals surface area contributed by atoms with Crippen molar-refractivity contribution in [2.45, 2.75) is 20.8 Å². The fourth-order valence-electron chi connectivity index (χ4n) is 3.10. The Morgan fingerprint density at radius 3 is 2.29 bits per heavy atom. The van der Waals surface area contributed by atoms with Gasteiger partial charge in [-0.25, -0.2) is 19.3 Å². The van der Waals surface area contributed by atoms with E-state index in [1.807, 2.05) is 44.2 Å². The number of nitrogens with zero attached hydrogens (tertiary/aromatic N) is 3. The number of amides is 1.